The minimum absolute atomic E-state index is 0.773. The van der Waals surface area contributed by atoms with Gasteiger partial charge in [-0.05, 0) is 122 Å². The van der Waals surface area contributed by atoms with E-state index >= 15 is 0 Å². The Hall–Kier alpha value is -7.22. The Morgan fingerprint density at radius 3 is 1.10 bits per heavy atom. The van der Waals surface area contributed by atoms with E-state index < -0.39 is 0 Å². The SMILES string of the molecule is CC.CC.CC.Nc1cccc(-c2ccc(-c3ccc(-c4ccc5c6c(cccc46)-c4c-5c(-c5ccccc5)c5ccccc5c4-c4ccccc4)cc3)c3ccccc23)c1. The highest BCUT2D eigenvalue weighted by molar-refractivity contribution is 6.28. The van der Waals surface area contributed by atoms with Crippen LogP contribution in [-0.2, 0) is 0 Å². The lowest BCUT2D eigenvalue weighted by Gasteiger charge is -2.20. The molecular weight excluding hydrogens is 735 g/mol. The largest absolute Gasteiger partial charge is 0.399 e. The first-order valence-corrected chi connectivity index (χ1v) is 22.0. The van der Waals surface area contributed by atoms with Crippen LogP contribution >= 0.6 is 0 Å². The van der Waals surface area contributed by atoms with Crippen LogP contribution < -0.4 is 5.73 Å². The van der Waals surface area contributed by atoms with Gasteiger partial charge in [0.2, 0.25) is 0 Å². The van der Waals surface area contributed by atoms with Crippen molar-refractivity contribution < 1.29 is 0 Å². The maximum Gasteiger partial charge on any atom is 0.0320 e. The Morgan fingerprint density at radius 1 is 0.246 bits per heavy atom. The van der Waals surface area contributed by atoms with Gasteiger partial charge >= 0.3 is 0 Å². The van der Waals surface area contributed by atoms with E-state index in [1.54, 1.807) is 0 Å². The van der Waals surface area contributed by atoms with Crippen LogP contribution in [0.1, 0.15) is 41.5 Å². The summed E-state index contributed by atoms with van der Waals surface area (Å²) in [4.78, 5) is 0. The quantitative estimate of drug-likeness (QED) is 0.173. The molecule has 0 spiro atoms. The van der Waals surface area contributed by atoms with Crippen LogP contribution in [0.25, 0.3) is 110 Å². The zero-order valence-electron chi connectivity index (χ0n) is 36.1. The molecule has 2 N–H and O–H groups in total. The molecule has 10 aromatic carbocycles. The third-order valence-corrected chi connectivity index (χ3v) is 11.5. The van der Waals surface area contributed by atoms with Crippen LogP contribution in [0.4, 0.5) is 5.69 Å². The third kappa shape index (κ3) is 7.07. The highest BCUT2D eigenvalue weighted by atomic mass is 14.5. The predicted molar refractivity (Wildman–Crippen MR) is 269 cm³/mol. The highest BCUT2D eigenvalue weighted by Gasteiger charge is 2.31. The van der Waals surface area contributed by atoms with Gasteiger partial charge in [-0.2, -0.15) is 0 Å². The van der Waals surface area contributed by atoms with Gasteiger partial charge in [-0.3, -0.25) is 0 Å². The molecule has 0 fully saturated rings. The molecule has 11 rings (SSSR count). The number of hydrogen-bond acceptors (Lipinski definition) is 1. The molecule has 0 amide bonds. The van der Waals surface area contributed by atoms with Gasteiger partial charge in [0.05, 0.1) is 0 Å². The summed E-state index contributed by atoms with van der Waals surface area (Å²) in [5, 5.41) is 7.61. The van der Waals surface area contributed by atoms with E-state index in [0.29, 0.717) is 0 Å². The molecule has 0 radical (unpaired) electrons. The second kappa shape index (κ2) is 18.0. The number of fused-ring (bicyclic) bond motifs is 5. The van der Waals surface area contributed by atoms with E-state index in [0.717, 1.165) is 11.3 Å². The average molecular weight is 788 g/mol. The van der Waals surface area contributed by atoms with Gasteiger partial charge in [0, 0.05) is 5.69 Å². The Kier molecular flexibility index (Phi) is 11.9. The normalized spacial score (nSPS) is 10.9. The molecule has 0 aliphatic heterocycles. The van der Waals surface area contributed by atoms with E-state index in [1.165, 1.54) is 105 Å². The minimum Gasteiger partial charge on any atom is -0.399 e. The van der Waals surface area contributed by atoms with Crippen LogP contribution in [0, 0.1) is 0 Å². The zero-order chi connectivity index (χ0) is 42.5. The third-order valence-electron chi connectivity index (χ3n) is 11.5. The maximum atomic E-state index is 6.18. The smallest absolute Gasteiger partial charge is 0.0320 e. The Balaban J connectivity index is 0.000000822. The summed E-state index contributed by atoms with van der Waals surface area (Å²) in [7, 11) is 0. The number of nitrogen functional groups attached to an aromatic ring is 1. The van der Waals surface area contributed by atoms with Gasteiger partial charge in [0.25, 0.3) is 0 Å². The van der Waals surface area contributed by atoms with Gasteiger partial charge in [0.1, 0.15) is 0 Å². The predicted octanol–water partition coefficient (Wildman–Crippen LogP) is 17.8. The summed E-state index contributed by atoms with van der Waals surface area (Å²) in [5.74, 6) is 0. The first-order chi connectivity index (χ1) is 30.2. The van der Waals surface area contributed by atoms with Crippen LogP contribution in [0.15, 0.2) is 200 Å². The van der Waals surface area contributed by atoms with E-state index in [4.69, 9.17) is 5.73 Å². The fraction of sp³-hybridized carbons (Fsp3) is 0.100. The standard InChI is InChI=1S/C54H35N.3C2H6/c55-39-18-11-17-38(33-39)42-30-29-40(43-19-7-8-20-44(42)43)34-25-27-35(28-26-34)41-31-32-49-52-45(41)23-12-24-48(52)53-50(36-13-3-1-4-14-36)46-21-9-10-22-47(46)51(54(49)53)37-15-5-2-6-16-37;3*1-2/h1-33H,55H2;3*1-2H3. The van der Waals surface area contributed by atoms with Crippen molar-refractivity contribution in [2.24, 2.45) is 0 Å². The second-order valence-corrected chi connectivity index (χ2v) is 14.6. The second-order valence-electron chi connectivity index (χ2n) is 14.6. The molecule has 0 unspecified atom stereocenters. The molecule has 0 saturated heterocycles. The topological polar surface area (TPSA) is 26.0 Å². The molecule has 61 heavy (non-hydrogen) atoms. The molecule has 298 valence electrons. The lowest BCUT2D eigenvalue weighted by atomic mass is 9.82. The molecule has 1 aliphatic carbocycles. The van der Waals surface area contributed by atoms with Gasteiger partial charge in [-0.15, -0.1) is 0 Å². The monoisotopic (exact) mass is 787 g/mol. The first kappa shape index (κ1) is 40.6. The van der Waals surface area contributed by atoms with Crippen molar-refractivity contribution in [3.8, 4) is 77.9 Å². The van der Waals surface area contributed by atoms with Gasteiger partial charge in [-0.25, -0.2) is 0 Å². The molecule has 0 atom stereocenters. The highest BCUT2D eigenvalue weighted by Crippen LogP contribution is 2.58. The van der Waals surface area contributed by atoms with Crippen molar-refractivity contribution in [1.29, 1.82) is 0 Å². The Labute approximate surface area is 361 Å². The van der Waals surface area contributed by atoms with Gasteiger partial charge < -0.3 is 5.73 Å². The summed E-state index contributed by atoms with van der Waals surface area (Å²) >= 11 is 0. The Bertz CT molecular complexity index is 3030. The van der Waals surface area contributed by atoms with Crippen molar-refractivity contribution in [2.45, 2.75) is 41.5 Å². The van der Waals surface area contributed by atoms with Crippen molar-refractivity contribution >= 4 is 38.0 Å². The van der Waals surface area contributed by atoms with Crippen molar-refractivity contribution in [3.63, 3.8) is 0 Å². The summed E-state index contributed by atoms with van der Waals surface area (Å²) in [5.41, 5.74) is 24.5. The summed E-state index contributed by atoms with van der Waals surface area (Å²) in [6.07, 6.45) is 0. The van der Waals surface area contributed by atoms with Crippen LogP contribution in [0.2, 0.25) is 0 Å². The molecule has 10 aromatic rings. The number of nitrogens with two attached hydrogens (primary N) is 1. The molecule has 1 aliphatic rings. The number of hydrogen-bond donors (Lipinski definition) is 1. The van der Waals surface area contributed by atoms with E-state index in [1.807, 2.05) is 53.7 Å². The molecule has 1 nitrogen and oxygen atoms in total. The van der Waals surface area contributed by atoms with Crippen LogP contribution in [-0.4, -0.2) is 0 Å². The fourth-order valence-corrected chi connectivity index (χ4v) is 9.20. The lowest BCUT2D eigenvalue weighted by molar-refractivity contribution is 1.50. The van der Waals surface area contributed by atoms with Crippen molar-refractivity contribution in [1.82, 2.24) is 0 Å². The summed E-state index contributed by atoms with van der Waals surface area (Å²) < 4.78 is 0. The first-order valence-electron chi connectivity index (χ1n) is 22.0. The summed E-state index contributed by atoms with van der Waals surface area (Å²) in [6, 6.07) is 72.9. The van der Waals surface area contributed by atoms with E-state index in [9.17, 15) is 0 Å². The van der Waals surface area contributed by atoms with Crippen molar-refractivity contribution in [2.75, 3.05) is 5.73 Å². The zero-order valence-corrected chi connectivity index (χ0v) is 36.1. The number of anilines is 1. The van der Waals surface area contributed by atoms with Gasteiger partial charge in [-0.1, -0.05) is 230 Å². The lowest BCUT2D eigenvalue weighted by Crippen LogP contribution is -1.93. The molecule has 1 heteroatoms. The van der Waals surface area contributed by atoms with E-state index in [2.05, 4.69) is 188 Å². The van der Waals surface area contributed by atoms with Crippen LogP contribution in [0.5, 0.6) is 0 Å². The maximum absolute atomic E-state index is 6.18. The average Bonchev–Trinajstić information content (AvgIpc) is 3.67. The fourth-order valence-electron chi connectivity index (χ4n) is 9.20. The molecule has 0 heterocycles. The molecule has 0 aromatic heterocycles. The summed E-state index contributed by atoms with van der Waals surface area (Å²) in [6.45, 7) is 12.0. The van der Waals surface area contributed by atoms with E-state index in [-0.39, 0.29) is 0 Å². The van der Waals surface area contributed by atoms with Gasteiger partial charge in [0.15, 0.2) is 0 Å². The molecule has 0 saturated carbocycles. The van der Waals surface area contributed by atoms with Crippen molar-refractivity contribution in [3.05, 3.63) is 200 Å². The van der Waals surface area contributed by atoms with Crippen LogP contribution in [0.3, 0.4) is 0 Å². The molecular formula is C60H53N. The number of benzene rings is 10. The minimum atomic E-state index is 0.773. The Morgan fingerprint density at radius 2 is 0.607 bits per heavy atom. The molecule has 0 bridgehead atoms. The number of rotatable bonds is 5.